The maximum Gasteiger partial charge on any atom is 0.224 e. The van der Waals surface area contributed by atoms with Gasteiger partial charge in [-0.2, -0.15) is 0 Å². The lowest BCUT2D eigenvalue weighted by molar-refractivity contribution is -0.120. The number of carbonyl (C=O) groups is 1. The number of carbonyl (C=O) groups excluding carboxylic acids is 1. The van der Waals surface area contributed by atoms with Crippen LogP contribution in [0.2, 0.25) is 0 Å². The molecule has 2 saturated heterocycles. The molecule has 1 amide bonds. The quantitative estimate of drug-likeness (QED) is 0.849. The highest BCUT2D eigenvalue weighted by molar-refractivity contribution is 5.78. The second-order valence-electron chi connectivity index (χ2n) is 6.45. The third-order valence-corrected chi connectivity index (χ3v) is 4.81. The first-order chi connectivity index (χ1) is 11.7. The smallest absolute Gasteiger partial charge is 0.224 e. The molecule has 3 rings (SSSR count). The van der Waals surface area contributed by atoms with Crippen LogP contribution in [0.4, 0.5) is 4.39 Å². The topological polar surface area (TPSA) is 50.8 Å². The number of rotatable bonds is 6. The van der Waals surface area contributed by atoms with Crippen LogP contribution < -0.4 is 5.32 Å². The predicted octanol–water partition coefficient (Wildman–Crippen LogP) is 1.22. The Morgan fingerprint density at radius 2 is 1.96 bits per heavy atom. The number of morpholine rings is 1. The van der Waals surface area contributed by atoms with Crippen LogP contribution in [-0.2, 0) is 20.7 Å². The molecule has 6 heteroatoms. The maximum atomic E-state index is 12.9. The minimum Gasteiger partial charge on any atom is -0.381 e. The summed E-state index contributed by atoms with van der Waals surface area (Å²) in [6.45, 7) is 5.46. The molecule has 0 unspecified atom stereocenters. The van der Waals surface area contributed by atoms with Gasteiger partial charge in [-0.3, -0.25) is 9.69 Å². The highest BCUT2D eigenvalue weighted by Crippen LogP contribution is 2.21. The van der Waals surface area contributed by atoms with Gasteiger partial charge in [-0.1, -0.05) is 12.1 Å². The van der Waals surface area contributed by atoms with Crippen molar-refractivity contribution >= 4 is 5.91 Å². The summed E-state index contributed by atoms with van der Waals surface area (Å²) in [4.78, 5) is 14.6. The van der Waals surface area contributed by atoms with Crippen molar-refractivity contribution in [1.82, 2.24) is 10.2 Å². The van der Waals surface area contributed by atoms with E-state index in [1.165, 1.54) is 12.1 Å². The van der Waals surface area contributed by atoms with Gasteiger partial charge in [-0.05, 0) is 24.1 Å². The lowest BCUT2D eigenvalue weighted by Gasteiger charge is -2.37. The second-order valence-corrected chi connectivity index (χ2v) is 6.45. The minimum atomic E-state index is -0.284. The van der Waals surface area contributed by atoms with E-state index in [1.54, 1.807) is 12.1 Å². The summed E-state index contributed by atoms with van der Waals surface area (Å²) in [6, 6.07) is 6.36. The average molecular weight is 336 g/mol. The van der Waals surface area contributed by atoms with Gasteiger partial charge >= 0.3 is 0 Å². The molecule has 1 aromatic rings. The Morgan fingerprint density at radius 3 is 2.62 bits per heavy atom. The van der Waals surface area contributed by atoms with Crippen LogP contribution in [0, 0.1) is 11.7 Å². The van der Waals surface area contributed by atoms with Gasteiger partial charge in [0.15, 0.2) is 0 Å². The van der Waals surface area contributed by atoms with Gasteiger partial charge < -0.3 is 14.8 Å². The van der Waals surface area contributed by atoms with Crippen LogP contribution in [-0.4, -0.2) is 62.9 Å². The molecule has 0 spiro atoms. The molecule has 2 atom stereocenters. The van der Waals surface area contributed by atoms with E-state index in [0.29, 0.717) is 12.5 Å². The normalized spacial score (nSPS) is 23.1. The van der Waals surface area contributed by atoms with Crippen molar-refractivity contribution in [3.8, 4) is 0 Å². The van der Waals surface area contributed by atoms with Crippen molar-refractivity contribution in [1.29, 1.82) is 0 Å². The van der Waals surface area contributed by atoms with Gasteiger partial charge in [-0.25, -0.2) is 4.39 Å². The number of halogens is 1. The fourth-order valence-corrected chi connectivity index (χ4v) is 3.43. The Hall–Kier alpha value is -1.50. The predicted molar refractivity (Wildman–Crippen MR) is 88.2 cm³/mol. The Kier molecular flexibility index (Phi) is 6.18. The van der Waals surface area contributed by atoms with Crippen molar-refractivity contribution in [2.45, 2.75) is 18.9 Å². The van der Waals surface area contributed by atoms with Gasteiger partial charge in [0.05, 0.1) is 26.2 Å². The molecule has 2 aliphatic heterocycles. The number of nitrogens with zero attached hydrogens (tertiary/aromatic N) is 1. The molecule has 1 N–H and O–H groups in total. The van der Waals surface area contributed by atoms with E-state index in [-0.39, 0.29) is 24.2 Å². The summed E-state index contributed by atoms with van der Waals surface area (Å²) in [7, 11) is 0. The summed E-state index contributed by atoms with van der Waals surface area (Å²) in [5.41, 5.74) is 0.820. The fraction of sp³-hybridized carbons (Fsp3) is 0.611. The Labute approximate surface area is 142 Å². The van der Waals surface area contributed by atoms with Crippen molar-refractivity contribution in [2.75, 3.05) is 46.1 Å². The van der Waals surface area contributed by atoms with E-state index in [1.807, 2.05) is 0 Å². The van der Waals surface area contributed by atoms with E-state index >= 15 is 0 Å². The summed E-state index contributed by atoms with van der Waals surface area (Å²) < 4.78 is 23.9. The second kappa shape index (κ2) is 8.55. The first-order valence-electron chi connectivity index (χ1n) is 8.63. The highest BCUT2D eigenvalue weighted by Gasteiger charge is 2.31. The summed E-state index contributed by atoms with van der Waals surface area (Å²) >= 11 is 0. The van der Waals surface area contributed by atoms with Gasteiger partial charge in [0, 0.05) is 38.2 Å². The van der Waals surface area contributed by atoms with E-state index in [2.05, 4.69) is 10.2 Å². The Morgan fingerprint density at radius 1 is 1.21 bits per heavy atom. The van der Waals surface area contributed by atoms with E-state index in [9.17, 15) is 9.18 Å². The summed E-state index contributed by atoms with van der Waals surface area (Å²) in [5.74, 6) is 0.140. The van der Waals surface area contributed by atoms with Crippen LogP contribution >= 0.6 is 0 Å². The third-order valence-electron chi connectivity index (χ3n) is 4.81. The van der Waals surface area contributed by atoms with E-state index < -0.39 is 0 Å². The van der Waals surface area contributed by atoms with Crippen LogP contribution in [0.1, 0.15) is 12.0 Å². The van der Waals surface area contributed by atoms with Crippen LogP contribution in [0.15, 0.2) is 24.3 Å². The molecule has 0 saturated carbocycles. The largest absolute Gasteiger partial charge is 0.381 e. The summed E-state index contributed by atoms with van der Waals surface area (Å²) in [6.07, 6.45) is 1.31. The minimum absolute atomic E-state index is 0.0289. The Bertz CT molecular complexity index is 526. The first kappa shape index (κ1) is 17.3. The lowest BCUT2D eigenvalue weighted by atomic mass is 9.96. The molecule has 1 aromatic carbocycles. The lowest BCUT2D eigenvalue weighted by Crippen LogP contribution is -2.52. The molecular formula is C18H25FN2O3. The zero-order chi connectivity index (χ0) is 16.8. The molecule has 5 nitrogen and oxygen atoms in total. The highest BCUT2D eigenvalue weighted by atomic mass is 19.1. The standard InChI is InChI=1S/C18H25FN2O3/c19-16-3-1-14(2-4-16)11-18(22)20-12-17(15-5-8-24-13-15)21-6-9-23-10-7-21/h1-4,15,17H,5-13H2,(H,20,22)/t15-,17+/m0/s1. The van der Waals surface area contributed by atoms with E-state index in [0.717, 1.165) is 51.5 Å². The van der Waals surface area contributed by atoms with Crippen molar-refractivity contribution in [3.63, 3.8) is 0 Å². The molecule has 0 aliphatic carbocycles. The Balaban J connectivity index is 1.53. The molecule has 2 heterocycles. The SMILES string of the molecule is O=C(Cc1ccc(F)cc1)NC[C@H]([C@H]1CCOC1)N1CCOCC1. The zero-order valence-corrected chi connectivity index (χ0v) is 13.9. The molecule has 2 fully saturated rings. The number of nitrogens with one attached hydrogen (secondary N) is 1. The third kappa shape index (κ3) is 4.75. The molecule has 0 aromatic heterocycles. The van der Waals surface area contributed by atoms with Crippen molar-refractivity contribution in [3.05, 3.63) is 35.6 Å². The number of hydrogen-bond donors (Lipinski definition) is 1. The van der Waals surface area contributed by atoms with Crippen LogP contribution in [0.5, 0.6) is 0 Å². The number of ether oxygens (including phenoxy) is 2. The zero-order valence-electron chi connectivity index (χ0n) is 13.9. The van der Waals surface area contributed by atoms with E-state index in [4.69, 9.17) is 9.47 Å². The van der Waals surface area contributed by atoms with Gasteiger partial charge in [0.2, 0.25) is 5.91 Å². The average Bonchev–Trinajstić information content (AvgIpc) is 3.12. The summed E-state index contributed by atoms with van der Waals surface area (Å²) in [5, 5.41) is 3.05. The number of hydrogen-bond acceptors (Lipinski definition) is 4. The molecule has 24 heavy (non-hydrogen) atoms. The fourth-order valence-electron chi connectivity index (χ4n) is 3.43. The first-order valence-corrected chi connectivity index (χ1v) is 8.63. The molecule has 0 bridgehead atoms. The van der Waals surface area contributed by atoms with Crippen molar-refractivity contribution in [2.24, 2.45) is 5.92 Å². The number of amides is 1. The maximum absolute atomic E-state index is 12.9. The van der Waals surface area contributed by atoms with Crippen molar-refractivity contribution < 1.29 is 18.7 Å². The van der Waals surface area contributed by atoms with Gasteiger partial charge in [0.1, 0.15) is 5.82 Å². The number of benzene rings is 1. The van der Waals surface area contributed by atoms with Gasteiger partial charge in [-0.15, -0.1) is 0 Å². The molecule has 0 radical (unpaired) electrons. The molecule has 2 aliphatic rings. The molecule has 132 valence electrons. The van der Waals surface area contributed by atoms with Crippen LogP contribution in [0.3, 0.4) is 0 Å². The van der Waals surface area contributed by atoms with Crippen LogP contribution in [0.25, 0.3) is 0 Å². The molecular weight excluding hydrogens is 311 g/mol. The van der Waals surface area contributed by atoms with Gasteiger partial charge in [0.25, 0.3) is 0 Å². The monoisotopic (exact) mass is 336 g/mol.